The number of fused-ring (bicyclic) bond motifs is 9. The molecule has 6 aromatic rings. The number of nitrogens with zero attached hydrogens (tertiary/aromatic N) is 2. The first-order chi connectivity index (χ1) is 17.6. The van der Waals surface area contributed by atoms with Crippen LogP contribution in [0.5, 0.6) is 5.88 Å². The van der Waals surface area contributed by atoms with Crippen LogP contribution in [0.4, 0.5) is 0 Å². The number of hydrogen-bond donors (Lipinski definition) is 5. The third-order valence-corrected chi connectivity index (χ3v) is 7.70. The highest BCUT2D eigenvalue weighted by Gasteiger charge is 2.30. The third kappa shape index (κ3) is 2.90. The number of aliphatic hydroxyl groups excluding tert-OH is 2. The second kappa shape index (κ2) is 7.97. The van der Waals surface area contributed by atoms with Crippen molar-refractivity contribution >= 4 is 54.4 Å². The minimum absolute atomic E-state index is 0.133. The van der Waals surface area contributed by atoms with Crippen molar-refractivity contribution in [2.24, 2.45) is 0 Å². The predicted octanol–water partition coefficient (Wildman–Crippen LogP) is 3.56. The fourth-order valence-electron chi connectivity index (χ4n) is 6.10. The van der Waals surface area contributed by atoms with E-state index in [4.69, 9.17) is 4.74 Å². The molecular formula is C28H28N4O4. The van der Waals surface area contributed by atoms with Crippen LogP contribution in [0.3, 0.4) is 0 Å². The monoisotopic (exact) mass is 484 g/mol. The molecule has 0 spiro atoms. The molecule has 3 aromatic heterocycles. The van der Waals surface area contributed by atoms with E-state index in [1.54, 1.807) is 7.11 Å². The normalized spacial score (nSPS) is 18.3. The summed E-state index contributed by atoms with van der Waals surface area (Å²) in [7, 11) is 1.69. The number of benzene rings is 3. The smallest absolute Gasteiger partial charge is 0.197 e. The molecule has 7 rings (SSSR count). The van der Waals surface area contributed by atoms with Gasteiger partial charge in [0.05, 0.1) is 48.3 Å². The number of rotatable bonds is 5. The first-order valence-electron chi connectivity index (χ1n) is 12.3. The first kappa shape index (κ1) is 21.7. The van der Waals surface area contributed by atoms with Gasteiger partial charge in [-0.3, -0.25) is 0 Å². The zero-order valence-electron chi connectivity index (χ0n) is 20.0. The van der Waals surface area contributed by atoms with E-state index in [2.05, 4.69) is 49.8 Å². The van der Waals surface area contributed by atoms with E-state index in [1.165, 1.54) is 0 Å². The van der Waals surface area contributed by atoms with Gasteiger partial charge in [-0.2, -0.15) is 0 Å². The molecule has 0 saturated heterocycles. The zero-order chi connectivity index (χ0) is 24.6. The van der Waals surface area contributed by atoms with Gasteiger partial charge in [0.2, 0.25) is 0 Å². The number of H-pyrrole nitrogens is 1. The molecule has 5 N–H and O–H groups in total. The van der Waals surface area contributed by atoms with E-state index < -0.39 is 12.2 Å². The van der Waals surface area contributed by atoms with Crippen molar-refractivity contribution in [1.29, 1.82) is 0 Å². The highest BCUT2D eigenvalue weighted by atomic mass is 16.5. The summed E-state index contributed by atoms with van der Waals surface area (Å²) in [5, 5.41) is 42.2. The van der Waals surface area contributed by atoms with E-state index in [1.807, 2.05) is 18.3 Å². The van der Waals surface area contributed by atoms with Gasteiger partial charge < -0.3 is 39.5 Å². The van der Waals surface area contributed by atoms with E-state index in [0.29, 0.717) is 19.7 Å². The maximum atomic E-state index is 11.0. The van der Waals surface area contributed by atoms with Gasteiger partial charge in [-0.1, -0.05) is 24.3 Å². The molecular weight excluding hydrogens is 456 g/mol. The van der Waals surface area contributed by atoms with Crippen molar-refractivity contribution in [2.75, 3.05) is 20.3 Å². The molecule has 8 heteroatoms. The molecule has 0 aliphatic carbocycles. The summed E-state index contributed by atoms with van der Waals surface area (Å²) in [5.74, 6) is 0.133. The van der Waals surface area contributed by atoms with E-state index in [-0.39, 0.29) is 12.4 Å². The number of aromatic hydroxyl groups is 1. The fourth-order valence-corrected chi connectivity index (χ4v) is 6.10. The molecule has 2 unspecified atom stereocenters. The van der Waals surface area contributed by atoms with Gasteiger partial charge in [0, 0.05) is 64.4 Å². The number of aromatic amines is 1. The van der Waals surface area contributed by atoms with Crippen LogP contribution in [0.15, 0.2) is 48.7 Å². The summed E-state index contributed by atoms with van der Waals surface area (Å²) in [5.41, 5.74) is 5.06. The Bertz CT molecular complexity index is 1790. The van der Waals surface area contributed by atoms with Crippen LogP contribution >= 0.6 is 0 Å². The van der Waals surface area contributed by atoms with Crippen LogP contribution in [0.1, 0.15) is 5.56 Å². The lowest BCUT2D eigenvalue weighted by atomic mass is 10.0. The maximum absolute atomic E-state index is 11.0. The Morgan fingerprint density at radius 2 is 1.64 bits per heavy atom. The van der Waals surface area contributed by atoms with Crippen LogP contribution in [-0.2, 0) is 24.4 Å². The van der Waals surface area contributed by atoms with E-state index in [0.717, 1.165) is 66.5 Å². The Hall–Kier alpha value is -3.56. The maximum Gasteiger partial charge on any atom is 0.197 e. The largest absolute Gasteiger partial charge is 0.494 e. The molecule has 184 valence electrons. The first-order valence-corrected chi connectivity index (χ1v) is 12.3. The molecule has 4 heterocycles. The van der Waals surface area contributed by atoms with Gasteiger partial charge in [0.1, 0.15) is 0 Å². The summed E-state index contributed by atoms with van der Waals surface area (Å²) in [4.78, 5) is 3.05. The summed E-state index contributed by atoms with van der Waals surface area (Å²) >= 11 is 0. The van der Waals surface area contributed by atoms with Crippen molar-refractivity contribution in [3.63, 3.8) is 0 Å². The molecule has 8 nitrogen and oxygen atoms in total. The second-order valence-corrected chi connectivity index (χ2v) is 9.77. The van der Waals surface area contributed by atoms with Crippen molar-refractivity contribution in [1.82, 2.24) is 19.4 Å². The lowest BCUT2D eigenvalue weighted by molar-refractivity contribution is 0.00168. The molecule has 3 aromatic carbocycles. The molecule has 2 atom stereocenters. The van der Waals surface area contributed by atoms with Crippen LogP contribution in [0.25, 0.3) is 54.4 Å². The van der Waals surface area contributed by atoms with Crippen LogP contribution in [0.2, 0.25) is 0 Å². The fraction of sp³-hybridized carbons (Fsp3) is 0.286. The zero-order valence-corrected chi connectivity index (χ0v) is 20.0. The highest BCUT2D eigenvalue weighted by Crippen LogP contribution is 2.47. The molecule has 0 radical (unpaired) electrons. The minimum atomic E-state index is -0.931. The van der Waals surface area contributed by atoms with E-state index >= 15 is 0 Å². The lowest BCUT2D eigenvalue weighted by Gasteiger charge is -2.24. The number of aromatic nitrogens is 3. The Morgan fingerprint density at radius 1 is 0.917 bits per heavy atom. The SMILES string of the molecule is COCCNCc1ccc2c(c1)c1c3c(O)[nH]cc3c3c4ccccc4n4c3c1n2CC(O)C(O)C4. The van der Waals surface area contributed by atoms with Crippen molar-refractivity contribution in [2.45, 2.75) is 31.8 Å². The number of para-hydroxylation sites is 1. The summed E-state index contributed by atoms with van der Waals surface area (Å²) < 4.78 is 9.39. The van der Waals surface area contributed by atoms with Gasteiger partial charge in [0.15, 0.2) is 5.88 Å². The Balaban J connectivity index is 1.66. The average molecular weight is 485 g/mol. The summed E-state index contributed by atoms with van der Waals surface area (Å²) in [6.07, 6.45) is 0.0304. The van der Waals surface area contributed by atoms with Gasteiger partial charge in [-0.25, -0.2) is 0 Å². The topological polar surface area (TPSA) is 108 Å². The molecule has 1 aliphatic rings. The number of hydrogen-bond acceptors (Lipinski definition) is 5. The van der Waals surface area contributed by atoms with Crippen LogP contribution in [0, 0.1) is 0 Å². The molecule has 0 amide bonds. The van der Waals surface area contributed by atoms with Crippen molar-refractivity contribution in [3.8, 4) is 5.88 Å². The predicted molar refractivity (Wildman–Crippen MR) is 142 cm³/mol. The molecule has 1 aliphatic heterocycles. The lowest BCUT2D eigenvalue weighted by Crippen LogP contribution is -2.35. The number of aliphatic hydroxyl groups is 2. The standard InChI is InChI=1S/C28H28N4O4/c1-36-9-8-29-11-15-6-7-20-17(10-15)24-25-18(12-30-28(25)35)23-16-4-2-3-5-19(16)31-13-21(33)22(34)14-32(20)27(24)26(23)31/h2-7,10,12,21-22,29-30,33-35H,8-9,11,13-14H2,1H3. The molecule has 36 heavy (non-hydrogen) atoms. The minimum Gasteiger partial charge on any atom is -0.494 e. The van der Waals surface area contributed by atoms with E-state index in [9.17, 15) is 15.3 Å². The van der Waals surface area contributed by atoms with Crippen molar-refractivity contribution < 1.29 is 20.1 Å². The Morgan fingerprint density at radius 3 is 2.42 bits per heavy atom. The summed E-state index contributed by atoms with van der Waals surface area (Å²) in [6.45, 7) is 2.64. The van der Waals surface area contributed by atoms with Gasteiger partial charge in [-0.05, 0) is 23.8 Å². The Labute approximate surface area is 206 Å². The van der Waals surface area contributed by atoms with Gasteiger partial charge in [-0.15, -0.1) is 0 Å². The summed E-state index contributed by atoms with van der Waals surface area (Å²) in [6, 6.07) is 14.5. The van der Waals surface area contributed by atoms with Crippen LogP contribution < -0.4 is 5.32 Å². The number of nitrogens with one attached hydrogen (secondary N) is 2. The van der Waals surface area contributed by atoms with Crippen LogP contribution in [-0.4, -0.2) is 61.9 Å². The van der Waals surface area contributed by atoms with Crippen molar-refractivity contribution in [3.05, 3.63) is 54.2 Å². The number of methoxy groups -OCH3 is 1. The molecule has 0 fully saturated rings. The Kier molecular flexibility index (Phi) is 4.81. The number of ether oxygens (including phenoxy) is 1. The molecule has 0 bridgehead atoms. The van der Waals surface area contributed by atoms with Gasteiger partial charge >= 0.3 is 0 Å². The quantitative estimate of drug-likeness (QED) is 0.241. The molecule has 0 saturated carbocycles. The second-order valence-electron chi connectivity index (χ2n) is 9.77. The highest BCUT2D eigenvalue weighted by molar-refractivity contribution is 6.36. The third-order valence-electron chi connectivity index (χ3n) is 7.70. The van der Waals surface area contributed by atoms with Gasteiger partial charge in [0.25, 0.3) is 0 Å². The average Bonchev–Trinajstić information content (AvgIpc) is 3.51.